The Labute approximate surface area is 95.8 Å². The molecule has 0 spiro atoms. The van der Waals surface area contributed by atoms with Crippen molar-refractivity contribution in [3.8, 4) is 5.75 Å². The Morgan fingerprint density at radius 1 is 1.50 bits per heavy atom. The number of benzene rings is 1. The van der Waals surface area contributed by atoms with Gasteiger partial charge in [0.2, 0.25) is 0 Å². The molecule has 0 aliphatic carbocycles. The Morgan fingerprint density at radius 3 is 3.06 bits per heavy atom. The van der Waals surface area contributed by atoms with Crippen LogP contribution in [0.3, 0.4) is 0 Å². The van der Waals surface area contributed by atoms with Gasteiger partial charge in [0.25, 0.3) is 0 Å². The van der Waals surface area contributed by atoms with Crippen LogP contribution in [0.15, 0.2) is 18.2 Å². The van der Waals surface area contributed by atoms with E-state index < -0.39 is 0 Å². The highest BCUT2D eigenvalue weighted by Crippen LogP contribution is 2.19. The van der Waals surface area contributed by atoms with Gasteiger partial charge in [0.1, 0.15) is 0 Å². The van der Waals surface area contributed by atoms with E-state index in [1.807, 2.05) is 13.0 Å². The molecule has 0 radical (unpaired) electrons. The van der Waals surface area contributed by atoms with Gasteiger partial charge in [-0.15, -0.1) is 0 Å². The third-order valence-corrected chi connectivity index (χ3v) is 2.96. The molecule has 3 heteroatoms. The summed E-state index contributed by atoms with van der Waals surface area (Å²) in [5.41, 5.74) is 0.921. The molecule has 1 aromatic rings. The van der Waals surface area contributed by atoms with E-state index >= 15 is 0 Å². The Hall–Kier alpha value is -1.09. The average molecular weight is 223 g/mol. The monoisotopic (exact) mass is 223 g/mol. The summed E-state index contributed by atoms with van der Waals surface area (Å²) in [4.78, 5) is 0. The highest BCUT2D eigenvalue weighted by Gasteiger charge is 2.14. The number of halogens is 1. The zero-order valence-electron chi connectivity index (χ0n) is 9.63. The lowest BCUT2D eigenvalue weighted by molar-refractivity contribution is 0.211. The topological polar surface area (TPSA) is 21.3 Å². The number of aryl methyl sites for hydroxylation is 1. The molecular formula is C13H18FNO. The summed E-state index contributed by atoms with van der Waals surface area (Å²) >= 11 is 0. The Morgan fingerprint density at radius 2 is 2.38 bits per heavy atom. The van der Waals surface area contributed by atoms with Crippen molar-refractivity contribution in [1.82, 2.24) is 5.32 Å². The number of piperidine rings is 1. The lowest BCUT2D eigenvalue weighted by Gasteiger charge is -2.22. The zero-order valence-corrected chi connectivity index (χ0v) is 9.63. The first-order valence-corrected chi connectivity index (χ1v) is 5.85. The molecule has 2 rings (SSSR count). The van der Waals surface area contributed by atoms with Gasteiger partial charge >= 0.3 is 0 Å². The van der Waals surface area contributed by atoms with Crippen LogP contribution >= 0.6 is 0 Å². The molecule has 1 saturated heterocycles. The number of hydrogen-bond acceptors (Lipinski definition) is 2. The van der Waals surface area contributed by atoms with Crippen molar-refractivity contribution >= 4 is 0 Å². The molecule has 1 aromatic carbocycles. The average Bonchev–Trinajstić information content (AvgIpc) is 2.29. The smallest absolute Gasteiger partial charge is 0.165 e. The van der Waals surface area contributed by atoms with Crippen LogP contribution in [-0.4, -0.2) is 19.7 Å². The molecule has 0 saturated carbocycles. The number of nitrogens with one attached hydrogen (secondary N) is 1. The number of ether oxygens (including phenoxy) is 1. The van der Waals surface area contributed by atoms with E-state index in [2.05, 4.69) is 5.32 Å². The summed E-state index contributed by atoms with van der Waals surface area (Å²) in [6.45, 7) is 4.55. The van der Waals surface area contributed by atoms with E-state index in [-0.39, 0.29) is 5.82 Å². The van der Waals surface area contributed by atoms with Crippen LogP contribution in [-0.2, 0) is 0 Å². The fourth-order valence-corrected chi connectivity index (χ4v) is 2.00. The molecule has 2 nitrogen and oxygen atoms in total. The Balaban J connectivity index is 1.88. The van der Waals surface area contributed by atoms with Crippen molar-refractivity contribution in [2.75, 3.05) is 19.7 Å². The van der Waals surface area contributed by atoms with Crippen LogP contribution < -0.4 is 10.1 Å². The standard InChI is InChI=1S/C13H18FNO/c1-10-4-5-13(12(14)7-10)16-9-11-3-2-6-15-8-11/h4-5,7,11,15H,2-3,6,8-9H2,1H3. The van der Waals surface area contributed by atoms with E-state index in [0.29, 0.717) is 18.3 Å². The third kappa shape index (κ3) is 2.95. The highest BCUT2D eigenvalue weighted by atomic mass is 19.1. The van der Waals surface area contributed by atoms with Gasteiger partial charge in [0.15, 0.2) is 11.6 Å². The molecule has 0 bridgehead atoms. The second-order valence-corrected chi connectivity index (χ2v) is 4.46. The highest BCUT2D eigenvalue weighted by molar-refractivity contribution is 5.28. The normalized spacial score (nSPS) is 20.8. The SMILES string of the molecule is Cc1ccc(OCC2CCCNC2)c(F)c1. The largest absolute Gasteiger partial charge is 0.490 e. The predicted molar refractivity (Wildman–Crippen MR) is 62.2 cm³/mol. The van der Waals surface area contributed by atoms with E-state index in [9.17, 15) is 4.39 Å². The number of rotatable bonds is 3. The fraction of sp³-hybridized carbons (Fsp3) is 0.538. The summed E-state index contributed by atoms with van der Waals surface area (Å²) in [7, 11) is 0. The van der Waals surface area contributed by atoms with Gasteiger partial charge in [-0.3, -0.25) is 0 Å². The molecule has 1 atom stereocenters. The lowest BCUT2D eigenvalue weighted by atomic mass is 10.0. The van der Waals surface area contributed by atoms with Crippen molar-refractivity contribution in [3.63, 3.8) is 0 Å². The quantitative estimate of drug-likeness (QED) is 0.850. The molecular weight excluding hydrogens is 205 g/mol. The first kappa shape index (κ1) is 11.4. The first-order chi connectivity index (χ1) is 7.75. The van der Waals surface area contributed by atoms with Crippen molar-refractivity contribution < 1.29 is 9.13 Å². The van der Waals surface area contributed by atoms with Gasteiger partial charge in [0.05, 0.1) is 6.61 Å². The van der Waals surface area contributed by atoms with E-state index in [1.165, 1.54) is 18.9 Å². The molecule has 0 aromatic heterocycles. The summed E-state index contributed by atoms with van der Waals surface area (Å²) < 4.78 is 19.0. The van der Waals surface area contributed by atoms with Gasteiger partial charge in [-0.1, -0.05) is 6.07 Å². The molecule has 1 aliphatic rings. The van der Waals surface area contributed by atoms with Crippen LogP contribution in [0.1, 0.15) is 18.4 Å². The first-order valence-electron chi connectivity index (χ1n) is 5.85. The second-order valence-electron chi connectivity index (χ2n) is 4.46. The molecule has 1 heterocycles. The summed E-state index contributed by atoms with van der Waals surface area (Å²) in [6, 6.07) is 5.09. The van der Waals surface area contributed by atoms with Gasteiger partial charge in [-0.25, -0.2) is 4.39 Å². The number of hydrogen-bond donors (Lipinski definition) is 1. The van der Waals surface area contributed by atoms with E-state index in [1.54, 1.807) is 6.07 Å². The van der Waals surface area contributed by atoms with Crippen LogP contribution in [0.4, 0.5) is 4.39 Å². The predicted octanol–water partition coefficient (Wildman–Crippen LogP) is 2.51. The summed E-state index contributed by atoms with van der Waals surface area (Å²) in [5, 5.41) is 3.32. The minimum atomic E-state index is -0.260. The zero-order chi connectivity index (χ0) is 11.4. The minimum Gasteiger partial charge on any atom is -0.490 e. The third-order valence-electron chi connectivity index (χ3n) is 2.96. The van der Waals surface area contributed by atoms with Gasteiger partial charge in [-0.05, 0) is 44.0 Å². The van der Waals surface area contributed by atoms with Crippen LogP contribution in [0.25, 0.3) is 0 Å². The van der Waals surface area contributed by atoms with Crippen molar-refractivity contribution in [1.29, 1.82) is 0 Å². The molecule has 1 fully saturated rings. The van der Waals surface area contributed by atoms with Crippen molar-refractivity contribution in [2.24, 2.45) is 5.92 Å². The summed E-state index contributed by atoms with van der Waals surface area (Å²) in [5.74, 6) is 0.620. The van der Waals surface area contributed by atoms with E-state index in [4.69, 9.17) is 4.74 Å². The molecule has 0 amide bonds. The minimum absolute atomic E-state index is 0.260. The van der Waals surface area contributed by atoms with Crippen molar-refractivity contribution in [3.05, 3.63) is 29.6 Å². The maximum atomic E-state index is 13.5. The fourth-order valence-electron chi connectivity index (χ4n) is 2.00. The maximum Gasteiger partial charge on any atom is 0.165 e. The summed E-state index contributed by atoms with van der Waals surface area (Å²) in [6.07, 6.45) is 2.35. The molecule has 1 unspecified atom stereocenters. The Kier molecular flexibility index (Phi) is 3.78. The Bertz CT molecular complexity index is 348. The lowest BCUT2D eigenvalue weighted by Crippen LogP contribution is -2.33. The van der Waals surface area contributed by atoms with E-state index in [0.717, 1.165) is 18.7 Å². The van der Waals surface area contributed by atoms with Gasteiger partial charge in [0, 0.05) is 12.5 Å². The van der Waals surface area contributed by atoms with Gasteiger partial charge < -0.3 is 10.1 Å². The molecule has 1 N–H and O–H groups in total. The van der Waals surface area contributed by atoms with Crippen LogP contribution in [0.5, 0.6) is 5.75 Å². The van der Waals surface area contributed by atoms with Crippen LogP contribution in [0, 0.1) is 18.7 Å². The van der Waals surface area contributed by atoms with Gasteiger partial charge in [-0.2, -0.15) is 0 Å². The molecule has 1 aliphatic heterocycles. The van der Waals surface area contributed by atoms with Crippen LogP contribution in [0.2, 0.25) is 0 Å². The van der Waals surface area contributed by atoms with Crippen molar-refractivity contribution in [2.45, 2.75) is 19.8 Å². The maximum absolute atomic E-state index is 13.5. The molecule has 88 valence electrons. The second kappa shape index (κ2) is 5.30. The molecule has 16 heavy (non-hydrogen) atoms.